The number of halogens is 3. The third-order valence-corrected chi connectivity index (χ3v) is 2.55. The quantitative estimate of drug-likeness (QED) is 0.800. The third kappa shape index (κ3) is 6.65. The van der Waals surface area contributed by atoms with Crippen LogP contribution in [0.3, 0.4) is 0 Å². The molecule has 1 aromatic carbocycles. The lowest BCUT2D eigenvalue weighted by molar-refractivity contribution is 0.0529. The van der Waals surface area contributed by atoms with E-state index in [0.717, 1.165) is 12.1 Å². The van der Waals surface area contributed by atoms with E-state index in [1.54, 1.807) is 32.9 Å². The molecule has 0 bridgehead atoms. The van der Waals surface area contributed by atoms with Crippen LogP contribution in [0.15, 0.2) is 24.3 Å². The van der Waals surface area contributed by atoms with Crippen molar-refractivity contribution in [3.05, 3.63) is 41.2 Å². The topological polar surface area (TPSA) is 38.3 Å². The highest BCUT2D eigenvalue weighted by Gasteiger charge is 2.15. The van der Waals surface area contributed by atoms with Crippen molar-refractivity contribution >= 4 is 12.2 Å². The Hall–Kier alpha value is -1.98. The minimum atomic E-state index is -2.82. The van der Waals surface area contributed by atoms with Gasteiger partial charge in [0.05, 0.1) is 5.56 Å². The highest BCUT2D eigenvalue weighted by atomic mass is 19.3. The summed E-state index contributed by atoms with van der Waals surface area (Å²) in [6, 6.07) is 3.54. The Kier molecular flexibility index (Phi) is 6.46. The number of carbonyl (C=O) groups is 1. The molecular weight excluding hydrogens is 295 g/mol. The van der Waals surface area contributed by atoms with Gasteiger partial charge in [-0.2, -0.15) is 0 Å². The van der Waals surface area contributed by atoms with E-state index in [9.17, 15) is 18.0 Å². The molecule has 0 aromatic heterocycles. The molecular formula is C16H20F3NO2. The summed E-state index contributed by atoms with van der Waals surface area (Å²) < 4.78 is 43.2. The molecule has 0 aliphatic carbocycles. The van der Waals surface area contributed by atoms with Crippen LogP contribution < -0.4 is 5.32 Å². The first-order chi connectivity index (χ1) is 10.2. The van der Waals surface area contributed by atoms with Gasteiger partial charge in [0.25, 0.3) is 6.43 Å². The predicted molar refractivity (Wildman–Crippen MR) is 79.2 cm³/mol. The van der Waals surface area contributed by atoms with E-state index in [2.05, 4.69) is 5.32 Å². The summed E-state index contributed by atoms with van der Waals surface area (Å²) in [5.74, 6) is -0.927. The summed E-state index contributed by atoms with van der Waals surface area (Å²) in [5.41, 5.74) is -0.674. The molecule has 1 N–H and O–H groups in total. The van der Waals surface area contributed by atoms with Crippen molar-refractivity contribution in [2.24, 2.45) is 0 Å². The molecule has 1 rings (SSSR count). The molecule has 0 saturated carbocycles. The number of nitrogens with one attached hydrogen (secondary N) is 1. The van der Waals surface area contributed by atoms with Gasteiger partial charge in [-0.3, -0.25) is 0 Å². The minimum Gasteiger partial charge on any atom is -0.444 e. The van der Waals surface area contributed by atoms with Crippen LogP contribution in [0.25, 0.3) is 6.08 Å². The Labute approximate surface area is 128 Å². The van der Waals surface area contributed by atoms with Gasteiger partial charge in [-0.15, -0.1) is 0 Å². The molecule has 0 radical (unpaired) electrons. The first-order valence-electron chi connectivity index (χ1n) is 6.90. The molecule has 1 amide bonds. The van der Waals surface area contributed by atoms with Crippen LogP contribution in [0.4, 0.5) is 18.0 Å². The lowest BCUT2D eigenvalue weighted by Crippen LogP contribution is -2.32. The molecule has 3 nitrogen and oxygen atoms in total. The second-order valence-electron chi connectivity index (χ2n) is 5.70. The summed E-state index contributed by atoms with van der Waals surface area (Å²) >= 11 is 0. The van der Waals surface area contributed by atoms with Crippen LogP contribution in [0, 0.1) is 5.82 Å². The lowest BCUT2D eigenvalue weighted by Gasteiger charge is -2.19. The van der Waals surface area contributed by atoms with E-state index in [1.165, 1.54) is 6.07 Å². The number of amides is 1. The number of hydrogen-bond acceptors (Lipinski definition) is 2. The van der Waals surface area contributed by atoms with E-state index >= 15 is 0 Å². The molecule has 1 aromatic rings. The van der Waals surface area contributed by atoms with Gasteiger partial charge in [0.15, 0.2) is 0 Å². The number of hydrogen-bond donors (Lipinski definition) is 1. The smallest absolute Gasteiger partial charge is 0.407 e. The number of carbonyl (C=O) groups excluding carboxylic acids is 1. The third-order valence-electron chi connectivity index (χ3n) is 2.55. The van der Waals surface area contributed by atoms with Crippen molar-refractivity contribution in [3.8, 4) is 0 Å². The Morgan fingerprint density at radius 1 is 1.36 bits per heavy atom. The van der Waals surface area contributed by atoms with Crippen molar-refractivity contribution in [1.82, 2.24) is 5.32 Å². The van der Waals surface area contributed by atoms with Gasteiger partial charge in [0.1, 0.15) is 11.4 Å². The number of alkyl carbamates (subject to hydrolysis) is 1. The number of alkyl halides is 2. The minimum absolute atomic E-state index is 0.364. The molecule has 0 fully saturated rings. The van der Waals surface area contributed by atoms with Crippen LogP contribution in [-0.4, -0.2) is 18.2 Å². The summed E-state index contributed by atoms with van der Waals surface area (Å²) in [6.45, 7) is 5.67. The van der Waals surface area contributed by atoms with Crippen LogP contribution in [0.2, 0.25) is 0 Å². The molecule has 122 valence electrons. The zero-order valence-corrected chi connectivity index (χ0v) is 12.8. The average Bonchev–Trinajstić information content (AvgIpc) is 2.35. The Morgan fingerprint density at radius 2 is 2.05 bits per heavy atom. The van der Waals surface area contributed by atoms with Gasteiger partial charge in [-0.05, 0) is 44.9 Å². The average molecular weight is 315 g/mol. The summed E-state index contributed by atoms with van der Waals surface area (Å²) in [5, 5.41) is 2.58. The molecule has 6 heteroatoms. The Morgan fingerprint density at radius 3 is 2.59 bits per heavy atom. The summed E-state index contributed by atoms with van der Waals surface area (Å²) in [7, 11) is 0. The van der Waals surface area contributed by atoms with Crippen molar-refractivity contribution in [2.45, 2.75) is 39.2 Å². The maximum absolute atomic E-state index is 13.4. The van der Waals surface area contributed by atoms with E-state index in [0.29, 0.717) is 18.5 Å². The summed E-state index contributed by atoms with van der Waals surface area (Å²) in [6.07, 6.45) is 0.505. The van der Waals surface area contributed by atoms with E-state index in [1.807, 2.05) is 0 Å². The normalized spacial score (nSPS) is 12.0. The predicted octanol–water partition coefficient (Wildman–Crippen LogP) is 4.69. The standard InChI is InChI=1S/C16H20F3NO2/c1-16(2,3)22-15(21)20-9-5-4-6-11-7-8-12(14(18)19)13(17)10-11/h4,6-8,10,14H,5,9H2,1-3H3,(H,20,21). The summed E-state index contributed by atoms with van der Waals surface area (Å²) in [4.78, 5) is 11.4. The highest BCUT2D eigenvalue weighted by Crippen LogP contribution is 2.23. The Balaban J connectivity index is 2.41. The number of rotatable bonds is 5. The second-order valence-corrected chi connectivity index (χ2v) is 5.70. The largest absolute Gasteiger partial charge is 0.444 e. The van der Waals surface area contributed by atoms with Gasteiger partial charge >= 0.3 is 6.09 Å². The number of ether oxygens (including phenoxy) is 1. The van der Waals surface area contributed by atoms with Crippen LogP contribution >= 0.6 is 0 Å². The molecule has 0 aliphatic heterocycles. The number of benzene rings is 1. The van der Waals surface area contributed by atoms with Gasteiger partial charge in [0.2, 0.25) is 0 Å². The molecule has 22 heavy (non-hydrogen) atoms. The molecule has 0 spiro atoms. The SMILES string of the molecule is CC(C)(C)OC(=O)NCCC=Cc1ccc(C(F)F)c(F)c1. The highest BCUT2D eigenvalue weighted by molar-refractivity contribution is 5.67. The van der Waals surface area contributed by atoms with Crippen molar-refractivity contribution < 1.29 is 22.7 Å². The molecule has 0 atom stereocenters. The van der Waals surface area contributed by atoms with Gasteiger partial charge in [-0.25, -0.2) is 18.0 Å². The second kappa shape index (κ2) is 7.87. The molecule has 0 heterocycles. The van der Waals surface area contributed by atoms with Gasteiger partial charge in [-0.1, -0.05) is 18.2 Å². The fourth-order valence-electron chi connectivity index (χ4n) is 1.62. The van der Waals surface area contributed by atoms with Gasteiger partial charge in [0, 0.05) is 6.54 Å². The van der Waals surface area contributed by atoms with Crippen molar-refractivity contribution in [1.29, 1.82) is 0 Å². The first kappa shape index (κ1) is 18.1. The molecule has 0 saturated heterocycles. The monoisotopic (exact) mass is 315 g/mol. The maximum Gasteiger partial charge on any atom is 0.407 e. The fraction of sp³-hybridized carbons (Fsp3) is 0.438. The van der Waals surface area contributed by atoms with E-state index in [4.69, 9.17) is 4.74 Å². The van der Waals surface area contributed by atoms with Crippen molar-refractivity contribution in [2.75, 3.05) is 6.54 Å². The maximum atomic E-state index is 13.4. The lowest BCUT2D eigenvalue weighted by atomic mass is 10.1. The van der Waals surface area contributed by atoms with Crippen LogP contribution in [0.1, 0.15) is 44.7 Å². The van der Waals surface area contributed by atoms with Crippen LogP contribution in [0.5, 0.6) is 0 Å². The fourth-order valence-corrected chi connectivity index (χ4v) is 1.62. The zero-order valence-electron chi connectivity index (χ0n) is 12.8. The van der Waals surface area contributed by atoms with Gasteiger partial charge < -0.3 is 10.1 Å². The molecule has 0 aliphatic rings. The van der Waals surface area contributed by atoms with E-state index < -0.39 is 29.5 Å². The first-order valence-corrected chi connectivity index (χ1v) is 6.90. The van der Waals surface area contributed by atoms with Crippen LogP contribution in [-0.2, 0) is 4.74 Å². The Bertz CT molecular complexity index is 537. The van der Waals surface area contributed by atoms with Crippen molar-refractivity contribution in [3.63, 3.8) is 0 Å². The zero-order chi connectivity index (χ0) is 16.8. The molecule has 0 unspecified atom stereocenters. The van der Waals surface area contributed by atoms with E-state index in [-0.39, 0.29) is 0 Å².